The summed E-state index contributed by atoms with van der Waals surface area (Å²) in [5, 5.41) is 3.72. The molecule has 3 nitrogen and oxygen atoms in total. The molecule has 3 heteroatoms. The third-order valence-corrected chi connectivity index (χ3v) is 5.25. The number of aryl methyl sites for hydroxylation is 1. The van der Waals surface area contributed by atoms with E-state index in [0.29, 0.717) is 6.04 Å². The molecule has 0 aromatic carbocycles. The Balaban J connectivity index is 1.82. The van der Waals surface area contributed by atoms with Crippen molar-refractivity contribution < 1.29 is 0 Å². The quantitative estimate of drug-likeness (QED) is 0.873. The Labute approximate surface area is 127 Å². The number of rotatable bonds is 6. The number of fused-ring (bicyclic) bond motifs is 1. The van der Waals surface area contributed by atoms with Crippen LogP contribution in [0.25, 0.3) is 0 Å². The Bertz CT molecular complexity index is 529. The van der Waals surface area contributed by atoms with Crippen LogP contribution >= 0.6 is 0 Å². The van der Waals surface area contributed by atoms with Crippen molar-refractivity contribution in [1.82, 2.24) is 9.88 Å². The standard InChI is InChI=1S/C18H28N2O/c1-2-12-19-16(14-6-3-4-7-14)13-20-17-9-5-8-15(17)10-11-18(20)21/h10-11,14,16,19H,2-9,12-13H2,1H3. The summed E-state index contributed by atoms with van der Waals surface area (Å²) in [5.74, 6) is 0.751. The van der Waals surface area contributed by atoms with Crippen molar-refractivity contribution >= 4 is 0 Å². The highest BCUT2D eigenvalue weighted by atomic mass is 16.1. The fourth-order valence-electron chi connectivity index (χ4n) is 4.10. The first-order valence-electron chi connectivity index (χ1n) is 8.74. The van der Waals surface area contributed by atoms with E-state index in [1.165, 1.54) is 43.4 Å². The smallest absolute Gasteiger partial charge is 0.250 e. The number of nitrogens with one attached hydrogen (secondary N) is 1. The van der Waals surface area contributed by atoms with Gasteiger partial charge in [-0.25, -0.2) is 0 Å². The zero-order chi connectivity index (χ0) is 14.7. The molecule has 2 aliphatic rings. The lowest BCUT2D eigenvalue weighted by Crippen LogP contribution is -2.42. The summed E-state index contributed by atoms with van der Waals surface area (Å²) in [6.45, 7) is 4.14. The molecule has 0 amide bonds. The van der Waals surface area contributed by atoms with E-state index in [0.717, 1.165) is 38.3 Å². The summed E-state index contributed by atoms with van der Waals surface area (Å²) in [5.41, 5.74) is 2.90. The predicted molar refractivity (Wildman–Crippen MR) is 86.8 cm³/mol. The number of hydrogen-bond acceptors (Lipinski definition) is 2. The molecule has 21 heavy (non-hydrogen) atoms. The monoisotopic (exact) mass is 288 g/mol. The van der Waals surface area contributed by atoms with Crippen molar-refractivity contribution in [3.63, 3.8) is 0 Å². The maximum atomic E-state index is 12.3. The van der Waals surface area contributed by atoms with Crippen molar-refractivity contribution in [1.29, 1.82) is 0 Å². The molecule has 0 spiro atoms. The highest BCUT2D eigenvalue weighted by Crippen LogP contribution is 2.29. The van der Waals surface area contributed by atoms with Crippen LogP contribution < -0.4 is 10.9 Å². The van der Waals surface area contributed by atoms with Crippen LogP contribution in [0.15, 0.2) is 16.9 Å². The molecule has 1 unspecified atom stereocenters. The first kappa shape index (κ1) is 14.8. The van der Waals surface area contributed by atoms with Crippen molar-refractivity contribution in [2.24, 2.45) is 5.92 Å². The van der Waals surface area contributed by atoms with Crippen LogP contribution in [-0.4, -0.2) is 17.2 Å². The predicted octanol–water partition coefficient (Wildman–Crippen LogP) is 2.90. The lowest BCUT2D eigenvalue weighted by molar-refractivity contribution is 0.317. The molecule has 1 fully saturated rings. The molecule has 1 heterocycles. The normalized spacial score (nSPS) is 19.9. The van der Waals surface area contributed by atoms with Crippen LogP contribution in [-0.2, 0) is 19.4 Å². The second-order valence-corrected chi connectivity index (χ2v) is 6.71. The van der Waals surface area contributed by atoms with E-state index in [2.05, 4.69) is 16.8 Å². The molecule has 1 N–H and O–H groups in total. The Kier molecular flexibility index (Phi) is 4.79. The van der Waals surface area contributed by atoms with E-state index in [1.807, 2.05) is 6.07 Å². The summed E-state index contributed by atoms with van der Waals surface area (Å²) in [7, 11) is 0. The van der Waals surface area contributed by atoms with Gasteiger partial charge in [-0.05, 0) is 56.6 Å². The average Bonchev–Trinajstić information content (AvgIpc) is 3.16. The summed E-state index contributed by atoms with van der Waals surface area (Å²) in [6.07, 6.45) is 9.95. The highest BCUT2D eigenvalue weighted by molar-refractivity contribution is 5.25. The van der Waals surface area contributed by atoms with Gasteiger partial charge in [0, 0.05) is 24.3 Å². The Morgan fingerprint density at radius 2 is 2.05 bits per heavy atom. The van der Waals surface area contributed by atoms with Crippen LogP contribution in [0.5, 0.6) is 0 Å². The van der Waals surface area contributed by atoms with Crippen LogP contribution in [0.2, 0.25) is 0 Å². The van der Waals surface area contributed by atoms with Gasteiger partial charge >= 0.3 is 0 Å². The molecular weight excluding hydrogens is 260 g/mol. The molecule has 0 bridgehead atoms. The number of aromatic nitrogens is 1. The Morgan fingerprint density at radius 3 is 2.81 bits per heavy atom. The molecule has 2 aliphatic carbocycles. The lowest BCUT2D eigenvalue weighted by Gasteiger charge is -2.27. The average molecular weight is 288 g/mol. The zero-order valence-electron chi connectivity index (χ0n) is 13.2. The minimum Gasteiger partial charge on any atom is -0.312 e. The van der Waals surface area contributed by atoms with Gasteiger partial charge in [0.2, 0.25) is 0 Å². The second-order valence-electron chi connectivity index (χ2n) is 6.71. The summed E-state index contributed by atoms with van der Waals surface area (Å²) in [6, 6.07) is 4.29. The van der Waals surface area contributed by atoms with E-state index in [-0.39, 0.29) is 5.56 Å². The van der Waals surface area contributed by atoms with Crippen LogP contribution in [0.1, 0.15) is 56.7 Å². The van der Waals surface area contributed by atoms with E-state index < -0.39 is 0 Å². The van der Waals surface area contributed by atoms with Crippen molar-refractivity contribution in [3.05, 3.63) is 33.7 Å². The van der Waals surface area contributed by atoms with Gasteiger partial charge < -0.3 is 9.88 Å². The molecule has 1 saturated carbocycles. The van der Waals surface area contributed by atoms with Crippen molar-refractivity contribution in [3.8, 4) is 0 Å². The fourth-order valence-corrected chi connectivity index (χ4v) is 4.10. The van der Waals surface area contributed by atoms with Crippen LogP contribution in [0, 0.1) is 5.92 Å². The van der Waals surface area contributed by atoms with Gasteiger partial charge in [0.05, 0.1) is 0 Å². The third kappa shape index (κ3) is 3.23. The largest absolute Gasteiger partial charge is 0.312 e. The van der Waals surface area contributed by atoms with Crippen molar-refractivity contribution in [2.75, 3.05) is 6.54 Å². The molecule has 116 valence electrons. The van der Waals surface area contributed by atoms with Gasteiger partial charge in [-0.1, -0.05) is 25.8 Å². The number of nitrogens with zero attached hydrogens (tertiary/aromatic N) is 1. The highest BCUT2D eigenvalue weighted by Gasteiger charge is 2.26. The molecule has 0 radical (unpaired) electrons. The molecule has 0 aliphatic heterocycles. The summed E-state index contributed by atoms with van der Waals surface area (Å²) >= 11 is 0. The van der Waals surface area contributed by atoms with Crippen LogP contribution in [0.4, 0.5) is 0 Å². The van der Waals surface area contributed by atoms with Gasteiger partial charge in [0.1, 0.15) is 0 Å². The van der Waals surface area contributed by atoms with E-state index >= 15 is 0 Å². The van der Waals surface area contributed by atoms with Gasteiger partial charge in [-0.15, -0.1) is 0 Å². The van der Waals surface area contributed by atoms with E-state index in [1.54, 1.807) is 6.07 Å². The molecular formula is C18H28N2O. The van der Waals surface area contributed by atoms with Gasteiger partial charge in [-0.3, -0.25) is 4.79 Å². The van der Waals surface area contributed by atoms with E-state index in [4.69, 9.17) is 0 Å². The molecule has 1 aromatic rings. The molecule has 0 saturated heterocycles. The van der Waals surface area contributed by atoms with Gasteiger partial charge in [0.15, 0.2) is 0 Å². The van der Waals surface area contributed by atoms with Gasteiger partial charge in [0.25, 0.3) is 5.56 Å². The number of hydrogen-bond donors (Lipinski definition) is 1. The second kappa shape index (κ2) is 6.78. The first-order chi connectivity index (χ1) is 10.3. The topological polar surface area (TPSA) is 34.0 Å². The first-order valence-corrected chi connectivity index (χ1v) is 8.74. The van der Waals surface area contributed by atoms with E-state index in [9.17, 15) is 4.79 Å². The Hall–Kier alpha value is -1.09. The molecule has 3 rings (SSSR count). The lowest BCUT2D eigenvalue weighted by atomic mass is 9.97. The third-order valence-electron chi connectivity index (χ3n) is 5.25. The maximum Gasteiger partial charge on any atom is 0.250 e. The number of pyridine rings is 1. The summed E-state index contributed by atoms with van der Waals surface area (Å²) in [4.78, 5) is 12.3. The summed E-state index contributed by atoms with van der Waals surface area (Å²) < 4.78 is 2.08. The minimum atomic E-state index is 0.192. The maximum absolute atomic E-state index is 12.3. The molecule has 1 atom stereocenters. The van der Waals surface area contributed by atoms with Crippen molar-refractivity contribution in [2.45, 2.75) is 70.9 Å². The zero-order valence-corrected chi connectivity index (χ0v) is 13.2. The molecule has 1 aromatic heterocycles. The van der Waals surface area contributed by atoms with Crippen LogP contribution in [0.3, 0.4) is 0 Å². The fraction of sp³-hybridized carbons (Fsp3) is 0.722. The van der Waals surface area contributed by atoms with Gasteiger partial charge in [-0.2, -0.15) is 0 Å². The Morgan fingerprint density at radius 1 is 1.24 bits per heavy atom. The minimum absolute atomic E-state index is 0.192. The SMILES string of the molecule is CCCNC(Cn1c2c(ccc1=O)CCC2)C1CCCC1.